The summed E-state index contributed by atoms with van der Waals surface area (Å²) in [4.78, 5) is 31.9. The Morgan fingerprint density at radius 1 is 1.05 bits per heavy atom. The van der Waals surface area contributed by atoms with E-state index in [2.05, 4.69) is 15.2 Å². The van der Waals surface area contributed by atoms with Gasteiger partial charge in [0, 0.05) is 5.56 Å². The average molecular weight is 539 g/mol. The molecule has 1 N–H and O–H groups in total. The number of allylic oxidation sites excluding steroid dienone is 1. The van der Waals surface area contributed by atoms with E-state index in [1.807, 2.05) is 61.5 Å². The van der Waals surface area contributed by atoms with Crippen molar-refractivity contribution in [3.63, 3.8) is 0 Å². The number of carbonyl (C=O) groups is 1. The molecular weight excluding hydrogens is 512 g/mol. The highest BCUT2D eigenvalue weighted by Gasteiger charge is 2.33. The van der Waals surface area contributed by atoms with Gasteiger partial charge in [0.2, 0.25) is 0 Å². The van der Waals surface area contributed by atoms with Crippen LogP contribution in [0.5, 0.6) is 5.75 Å². The minimum absolute atomic E-state index is 0.00188. The van der Waals surface area contributed by atoms with Crippen LogP contribution in [0.15, 0.2) is 104 Å². The number of phenols is 1. The van der Waals surface area contributed by atoms with Crippen LogP contribution in [0.1, 0.15) is 36.6 Å². The number of thiazole rings is 1. The third-order valence-electron chi connectivity index (χ3n) is 6.24. The molecule has 9 heteroatoms. The van der Waals surface area contributed by atoms with Gasteiger partial charge < -0.3 is 9.84 Å². The lowest BCUT2D eigenvalue weighted by Gasteiger charge is -2.24. The van der Waals surface area contributed by atoms with Crippen LogP contribution in [0, 0.1) is 6.92 Å². The number of hydrogen-bond acceptors (Lipinski definition) is 8. The molecule has 0 saturated heterocycles. The highest BCUT2D eigenvalue weighted by atomic mass is 32.1. The number of aromatic nitrogens is 1. The molecule has 5 rings (SSSR count). The summed E-state index contributed by atoms with van der Waals surface area (Å²) in [6, 6.07) is 21.1. The van der Waals surface area contributed by atoms with Crippen molar-refractivity contribution in [2.45, 2.75) is 26.8 Å². The zero-order valence-electron chi connectivity index (χ0n) is 21.7. The molecule has 8 nitrogen and oxygen atoms in total. The van der Waals surface area contributed by atoms with Crippen molar-refractivity contribution in [2.75, 3.05) is 6.61 Å². The molecule has 0 amide bonds. The molecule has 0 bridgehead atoms. The maximum atomic E-state index is 13.8. The predicted molar refractivity (Wildman–Crippen MR) is 150 cm³/mol. The van der Waals surface area contributed by atoms with Crippen molar-refractivity contribution in [3.8, 4) is 5.75 Å². The Kier molecular flexibility index (Phi) is 7.33. The summed E-state index contributed by atoms with van der Waals surface area (Å²) in [6.07, 6.45) is 1.61. The lowest BCUT2D eigenvalue weighted by molar-refractivity contribution is -0.139. The Labute approximate surface area is 228 Å². The van der Waals surface area contributed by atoms with Gasteiger partial charge in [-0.15, -0.1) is 0 Å². The van der Waals surface area contributed by atoms with Crippen LogP contribution in [-0.4, -0.2) is 22.2 Å². The first-order valence-electron chi connectivity index (χ1n) is 12.4. The molecule has 1 aliphatic heterocycles. The number of esters is 1. The first-order chi connectivity index (χ1) is 18.9. The molecule has 0 spiro atoms. The van der Waals surface area contributed by atoms with Gasteiger partial charge in [0.05, 0.1) is 39.8 Å². The number of carbonyl (C=O) groups excluding carboxylic acids is 1. The van der Waals surface area contributed by atoms with Crippen LogP contribution in [-0.2, 0) is 9.53 Å². The van der Waals surface area contributed by atoms with Gasteiger partial charge in [0.1, 0.15) is 5.75 Å². The van der Waals surface area contributed by atoms with Gasteiger partial charge in [-0.1, -0.05) is 59.4 Å². The second-order valence-electron chi connectivity index (χ2n) is 8.99. The van der Waals surface area contributed by atoms with Crippen LogP contribution < -0.4 is 14.9 Å². The maximum absolute atomic E-state index is 13.8. The number of ether oxygens (including phenoxy) is 1. The summed E-state index contributed by atoms with van der Waals surface area (Å²) in [5, 5.41) is 19.0. The third kappa shape index (κ3) is 5.35. The van der Waals surface area contributed by atoms with Crippen LogP contribution in [0.2, 0.25) is 0 Å². The molecule has 0 fully saturated rings. The van der Waals surface area contributed by atoms with Crippen LogP contribution in [0.3, 0.4) is 0 Å². The molecule has 39 heavy (non-hydrogen) atoms. The summed E-state index contributed by atoms with van der Waals surface area (Å²) in [5.41, 5.74) is 3.97. The van der Waals surface area contributed by atoms with Crippen molar-refractivity contribution in [2.24, 2.45) is 15.2 Å². The van der Waals surface area contributed by atoms with Crippen molar-refractivity contribution >= 4 is 34.8 Å². The van der Waals surface area contributed by atoms with Gasteiger partial charge in [-0.05, 0) is 62.7 Å². The van der Waals surface area contributed by atoms with Gasteiger partial charge in [0.25, 0.3) is 5.56 Å². The van der Waals surface area contributed by atoms with Gasteiger partial charge in [-0.25, -0.2) is 9.79 Å². The molecule has 1 aliphatic rings. The first kappa shape index (κ1) is 26.0. The molecule has 1 atom stereocenters. The molecule has 1 aromatic heterocycles. The molecule has 2 heterocycles. The van der Waals surface area contributed by atoms with Crippen LogP contribution >= 0.6 is 11.3 Å². The van der Waals surface area contributed by atoms with E-state index >= 15 is 0 Å². The van der Waals surface area contributed by atoms with Gasteiger partial charge in [-0.3, -0.25) is 9.36 Å². The number of phenolic OH excluding ortho intramolecular Hbond substituents is 1. The van der Waals surface area contributed by atoms with Crippen molar-refractivity contribution in [3.05, 3.63) is 120 Å². The summed E-state index contributed by atoms with van der Waals surface area (Å²) in [6.45, 7) is 5.67. The second-order valence-corrected chi connectivity index (χ2v) is 10.0. The molecular formula is C30H26N4O4S. The average Bonchev–Trinajstić information content (AvgIpc) is 3.23. The molecule has 0 unspecified atom stereocenters. The standard InChI is InChI=1S/C30H26N4O4S/c1-4-38-29(37)26-19(3)31-30-34(27(26)20-12-10-18(2)11-13-20)28(36)25(39-30)17-21-16-23(14-15-24(21)35)33-32-22-8-6-5-7-9-22/h5-17,27,35H,4H2,1-3H3/b25-17+,33-32?/t27-/m1/s1. The van der Waals surface area contributed by atoms with E-state index in [0.717, 1.165) is 11.1 Å². The van der Waals surface area contributed by atoms with E-state index in [0.29, 0.717) is 37.5 Å². The van der Waals surface area contributed by atoms with E-state index in [4.69, 9.17) is 4.74 Å². The topological polar surface area (TPSA) is 106 Å². The number of rotatable bonds is 6. The van der Waals surface area contributed by atoms with Crippen LogP contribution in [0.25, 0.3) is 6.08 Å². The molecule has 3 aromatic carbocycles. The SMILES string of the molecule is CCOC(=O)C1=C(C)N=c2s/c(=C/c3cc(N=Nc4ccccc4)ccc3O)c(=O)n2[C@@H]1c1ccc(C)cc1. The maximum Gasteiger partial charge on any atom is 0.338 e. The zero-order chi connectivity index (χ0) is 27.5. The highest BCUT2D eigenvalue weighted by Crippen LogP contribution is 2.31. The smallest absolute Gasteiger partial charge is 0.338 e. The zero-order valence-corrected chi connectivity index (χ0v) is 22.5. The van der Waals surface area contributed by atoms with Gasteiger partial charge >= 0.3 is 5.97 Å². The number of fused-ring (bicyclic) bond motifs is 1. The Balaban J connectivity index is 1.62. The number of nitrogens with zero attached hydrogens (tertiary/aromatic N) is 4. The summed E-state index contributed by atoms with van der Waals surface area (Å²) >= 11 is 1.19. The van der Waals surface area contributed by atoms with Crippen molar-refractivity contribution in [1.29, 1.82) is 0 Å². The third-order valence-corrected chi connectivity index (χ3v) is 7.23. The highest BCUT2D eigenvalue weighted by molar-refractivity contribution is 7.07. The van der Waals surface area contributed by atoms with Crippen molar-refractivity contribution < 1.29 is 14.6 Å². The molecule has 0 aliphatic carbocycles. The number of azo groups is 1. The second kappa shape index (κ2) is 11.0. The Hall–Kier alpha value is -4.63. The van der Waals surface area contributed by atoms with E-state index in [1.165, 1.54) is 22.0 Å². The van der Waals surface area contributed by atoms with Gasteiger partial charge in [-0.2, -0.15) is 10.2 Å². The molecule has 0 radical (unpaired) electrons. The van der Waals surface area contributed by atoms with E-state index in [1.54, 1.807) is 32.1 Å². The fourth-order valence-corrected chi connectivity index (χ4v) is 5.36. The molecule has 0 saturated carbocycles. The van der Waals surface area contributed by atoms with Crippen molar-refractivity contribution in [1.82, 2.24) is 4.57 Å². The predicted octanol–water partition coefficient (Wildman–Crippen LogP) is 5.23. The number of aryl methyl sites for hydroxylation is 1. The lowest BCUT2D eigenvalue weighted by atomic mass is 9.95. The van der Waals surface area contributed by atoms with E-state index in [9.17, 15) is 14.7 Å². The minimum Gasteiger partial charge on any atom is -0.507 e. The van der Waals surface area contributed by atoms with E-state index in [-0.39, 0.29) is 17.9 Å². The summed E-state index contributed by atoms with van der Waals surface area (Å²) in [7, 11) is 0. The number of hydrogen-bond donors (Lipinski definition) is 1. The normalized spacial score (nSPS) is 15.4. The first-order valence-corrected chi connectivity index (χ1v) is 13.2. The lowest BCUT2D eigenvalue weighted by Crippen LogP contribution is -2.39. The molecule has 196 valence electrons. The Morgan fingerprint density at radius 2 is 1.77 bits per heavy atom. The number of benzene rings is 3. The van der Waals surface area contributed by atoms with E-state index < -0.39 is 12.0 Å². The summed E-state index contributed by atoms with van der Waals surface area (Å²) < 4.78 is 7.22. The Morgan fingerprint density at radius 3 is 2.49 bits per heavy atom. The van der Waals surface area contributed by atoms with Crippen LogP contribution in [0.4, 0.5) is 11.4 Å². The largest absolute Gasteiger partial charge is 0.507 e. The monoisotopic (exact) mass is 538 g/mol. The van der Waals surface area contributed by atoms with Gasteiger partial charge in [0.15, 0.2) is 4.80 Å². The minimum atomic E-state index is -0.692. The fraction of sp³-hybridized carbons (Fsp3) is 0.167. The summed E-state index contributed by atoms with van der Waals surface area (Å²) in [5.74, 6) is -0.509. The number of aromatic hydroxyl groups is 1. The molecule has 4 aromatic rings. The fourth-order valence-electron chi connectivity index (χ4n) is 4.33. The quantitative estimate of drug-likeness (QED) is 0.268. The Bertz CT molecular complexity index is 1790.